The number of hydrogen-bond acceptors (Lipinski definition) is 8. The summed E-state index contributed by atoms with van der Waals surface area (Å²) < 4.78 is 11.9. The van der Waals surface area contributed by atoms with E-state index in [0.717, 1.165) is 50.5 Å². The van der Waals surface area contributed by atoms with E-state index in [2.05, 4.69) is 13.2 Å². The van der Waals surface area contributed by atoms with Crippen LogP contribution >= 0.6 is 0 Å². The molecule has 2 aliphatic heterocycles. The molecule has 10 nitrogen and oxygen atoms in total. The van der Waals surface area contributed by atoms with Gasteiger partial charge in [-0.05, 0) is 107 Å². The number of ether oxygens (including phenoxy) is 2. The van der Waals surface area contributed by atoms with Crippen LogP contribution in [-0.2, 0) is 28.7 Å². The van der Waals surface area contributed by atoms with Crippen LogP contribution in [0.1, 0.15) is 78.1 Å². The van der Waals surface area contributed by atoms with Crippen LogP contribution in [-0.4, -0.2) is 67.7 Å². The number of aliphatic hydroxyl groups is 2. The number of esters is 2. The monoisotopic (exact) mass is 662 g/mol. The molecule has 7 saturated carbocycles. The number of hydrogen-bond donors (Lipinski definition) is 4. The number of carboxylic acids is 2. The number of fused-ring (bicyclic) bond motifs is 2. The van der Waals surface area contributed by atoms with Gasteiger partial charge in [-0.1, -0.05) is 30.4 Å². The van der Waals surface area contributed by atoms with Crippen molar-refractivity contribution in [2.45, 2.75) is 101 Å². The number of carbonyl (C=O) groups is 4. The minimum atomic E-state index is -1.18. The SMILES string of the molecule is C=C1C[C@@]23C[C@H]1CC[C@@H]2[C@]12C=C[C@@H](O)[C@](C)(C(=O)O1)[C@@H]2[C@H]3C(=O)O.C=C1C[C@@]23C[C@H]1CC[C@@H]2[C@]12CC[C@H](O)[C@](C)(C(=O)O1)[C@@H]2[C@H]3C(=O)O. The molecular weight excluding hydrogens is 616 g/mol. The average molecular weight is 663 g/mol. The first-order valence-corrected chi connectivity index (χ1v) is 17.9. The molecule has 4 N–H and O–H groups in total. The standard InChI is InChI=1S/C19H24O5.C19H22O5/c2*1-9-7-18-8-10(9)3-4-11(18)19-6-5-12(20)17(2,16(23)24-19)14(19)13(18)15(21)22/h10-14,20H,1,3-8H2,2H3,(H,21,22);5-6,10-14,20H,1,3-4,7-8H2,2H3,(H,21,22)/t10-,11+,12+,13+,14+,17+,18-,19+;10-,11+,12-,13+,14+,17+,18-,19+/m11/s1. The van der Waals surface area contributed by atoms with Gasteiger partial charge in [-0.2, -0.15) is 0 Å². The number of carbonyl (C=O) groups excluding carboxylic acids is 2. The summed E-state index contributed by atoms with van der Waals surface area (Å²) in [5, 5.41) is 41.4. The molecule has 0 radical (unpaired) electrons. The molecule has 8 bridgehead atoms. The normalized spacial score (nSPS) is 57.2. The van der Waals surface area contributed by atoms with Gasteiger partial charge in [0.05, 0.1) is 29.5 Å². The Morgan fingerprint density at radius 1 is 0.771 bits per heavy atom. The predicted octanol–water partition coefficient (Wildman–Crippen LogP) is 4.05. The summed E-state index contributed by atoms with van der Waals surface area (Å²) in [5.74, 6) is -3.90. The summed E-state index contributed by atoms with van der Waals surface area (Å²) in [6.07, 6.45) is 9.64. The van der Waals surface area contributed by atoms with Gasteiger partial charge in [0, 0.05) is 23.7 Å². The van der Waals surface area contributed by atoms with Crippen LogP contribution in [0.2, 0.25) is 0 Å². The summed E-state index contributed by atoms with van der Waals surface area (Å²) >= 11 is 0. The van der Waals surface area contributed by atoms with Crippen molar-refractivity contribution in [1.82, 2.24) is 0 Å². The summed E-state index contributed by atoms with van der Waals surface area (Å²) in [7, 11) is 0. The molecule has 10 aliphatic rings. The molecule has 2 heterocycles. The van der Waals surface area contributed by atoms with Gasteiger partial charge in [0.1, 0.15) is 16.6 Å². The number of aliphatic hydroxyl groups excluding tert-OH is 2. The minimum absolute atomic E-state index is 0.00104. The lowest BCUT2D eigenvalue weighted by atomic mass is 9.59. The van der Waals surface area contributed by atoms with Gasteiger partial charge < -0.3 is 29.9 Å². The van der Waals surface area contributed by atoms with Crippen LogP contribution in [0.4, 0.5) is 0 Å². The third-order valence-corrected chi connectivity index (χ3v) is 16.5. The van der Waals surface area contributed by atoms with E-state index in [1.165, 1.54) is 5.57 Å². The van der Waals surface area contributed by atoms with Crippen molar-refractivity contribution in [2.75, 3.05) is 0 Å². The van der Waals surface area contributed by atoms with Crippen molar-refractivity contribution in [3.8, 4) is 0 Å². The molecule has 0 amide bonds. The van der Waals surface area contributed by atoms with Crippen molar-refractivity contribution in [3.05, 3.63) is 36.5 Å². The first kappa shape index (κ1) is 31.0. The van der Waals surface area contributed by atoms with Crippen molar-refractivity contribution >= 4 is 23.9 Å². The molecule has 10 heteroatoms. The Hall–Kier alpha value is -2.98. The van der Waals surface area contributed by atoms with Crippen molar-refractivity contribution in [3.63, 3.8) is 0 Å². The summed E-state index contributed by atoms with van der Waals surface area (Å²) in [5.41, 5.74) is -2.25. The first-order chi connectivity index (χ1) is 22.5. The smallest absolute Gasteiger partial charge is 0.316 e. The Morgan fingerprint density at radius 2 is 1.31 bits per heavy atom. The Bertz CT molecular complexity index is 1650. The molecule has 0 aromatic heterocycles. The topological polar surface area (TPSA) is 168 Å². The fourth-order valence-electron chi connectivity index (χ4n) is 14.8. The van der Waals surface area contributed by atoms with E-state index in [4.69, 9.17) is 9.47 Å². The van der Waals surface area contributed by atoms with E-state index in [0.29, 0.717) is 31.1 Å². The third-order valence-electron chi connectivity index (χ3n) is 16.5. The lowest BCUT2D eigenvalue weighted by molar-refractivity contribution is -0.163. The zero-order valence-corrected chi connectivity index (χ0v) is 27.7. The number of carboxylic acid groups (broad SMARTS) is 2. The van der Waals surface area contributed by atoms with Crippen LogP contribution in [0.25, 0.3) is 0 Å². The Balaban J connectivity index is 0.000000131. The van der Waals surface area contributed by atoms with E-state index >= 15 is 0 Å². The van der Waals surface area contributed by atoms with Gasteiger partial charge in [-0.15, -0.1) is 0 Å². The predicted molar refractivity (Wildman–Crippen MR) is 168 cm³/mol. The zero-order chi connectivity index (χ0) is 34.1. The molecule has 0 aromatic carbocycles. The van der Waals surface area contributed by atoms with Crippen LogP contribution in [0, 0.1) is 69.0 Å². The van der Waals surface area contributed by atoms with E-state index < -0.39 is 87.2 Å². The van der Waals surface area contributed by atoms with Crippen LogP contribution in [0.3, 0.4) is 0 Å². The van der Waals surface area contributed by atoms with Gasteiger partial charge in [0.25, 0.3) is 0 Å². The highest BCUT2D eigenvalue weighted by molar-refractivity contribution is 5.87. The largest absolute Gasteiger partial charge is 0.481 e. The van der Waals surface area contributed by atoms with Crippen molar-refractivity contribution in [2.24, 2.45) is 69.0 Å². The maximum absolute atomic E-state index is 12.7. The van der Waals surface area contributed by atoms with Crippen LogP contribution in [0.5, 0.6) is 0 Å². The molecule has 16 atom stereocenters. The molecular formula is C38H46O10. The molecule has 258 valence electrons. The summed E-state index contributed by atoms with van der Waals surface area (Å²) in [4.78, 5) is 50.2. The minimum Gasteiger partial charge on any atom is -0.481 e. The maximum atomic E-state index is 12.7. The van der Waals surface area contributed by atoms with Crippen LogP contribution in [0.15, 0.2) is 36.5 Å². The quantitative estimate of drug-likeness (QED) is 0.250. The zero-order valence-electron chi connectivity index (χ0n) is 27.7. The van der Waals surface area contributed by atoms with Gasteiger partial charge in [-0.25, -0.2) is 0 Å². The highest BCUT2D eigenvalue weighted by Gasteiger charge is 2.84. The average Bonchev–Trinajstić information content (AvgIpc) is 3.70. The molecule has 8 aliphatic carbocycles. The van der Waals surface area contributed by atoms with Gasteiger partial charge in [0.15, 0.2) is 0 Å². The van der Waals surface area contributed by atoms with Crippen LogP contribution < -0.4 is 0 Å². The second-order valence-electron chi connectivity index (χ2n) is 17.8. The molecule has 9 fully saturated rings. The van der Waals surface area contributed by atoms with E-state index in [1.54, 1.807) is 19.9 Å². The molecule has 0 unspecified atom stereocenters. The van der Waals surface area contributed by atoms with Crippen molar-refractivity contribution < 1.29 is 49.1 Å². The Labute approximate surface area is 279 Å². The molecule has 2 spiro atoms. The third kappa shape index (κ3) is 3.08. The lowest BCUT2D eigenvalue weighted by Crippen LogP contribution is -2.53. The van der Waals surface area contributed by atoms with Crippen molar-refractivity contribution in [1.29, 1.82) is 0 Å². The van der Waals surface area contributed by atoms with Gasteiger partial charge >= 0.3 is 23.9 Å². The molecule has 2 saturated heterocycles. The Morgan fingerprint density at radius 3 is 1.92 bits per heavy atom. The first-order valence-electron chi connectivity index (χ1n) is 17.9. The molecule has 0 aromatic rings. The van der Waals surface area contributed by atoms with Gasteiger partial charge in [-0.3, -0.25) is 19.2 Å². The number of allylic oxidation sites excluding steroid dienone is 2. The highest BCUT2D eigenvalue weighted by atomic mass is 16.6. The fourth-order valence-corrected chi connectivity index (χ4v) is 14.8. The summed E-state index contributed by atoms with van der Waals surface area (Å²) in [6, 6.07) is 0. The Kier molecular flexibility index (Phi) is 5.83. The fraction of sp³-hybridized carbons (Fsp3) is 0.737. The second kappa shape index (κ2) is 9.02. The van der Waals surface area contributed by atoms with E-state index in [1.807, 2.05) is 6.08 Å². The number of rotatable bonds is 2. The molecule has 48 heavy (non-hydrogen) atoms. The maximum Gasteiger partial charge on any atom is 0.316 e. The van der Waals surface area contributed by atoms with E-state index in [-0.39, 0.29) is 17.3 Å². The number of aliphatic carboxylic acids is 2. The van der Waals surface area contributed by atoms with Gasteiger partial charge in [0.2, 0.25) is 0 Å². The van der Waals surface area contributed by atoms with E-state index in [9.17, 15) is 39.6 Å². The highest BCUT2D eigenvalue weighted by Crippen LogP contribution is 2.79. The second-order valence-corrected chi connectivity index (χ2v) is 17.8. The lowest BCUT2D eigenvalue weighted by Gasteiger charge is -2.44. The summed E-state index contributed by atoms with van der Waals surface area (Å²) in [6.45, 7) is 11.8. The molecule has 10 rings (SSSR count).